The molecule has 0 N–H and O–H groups in total. The van der Waals surface area contributed by atoms with E-state index in [-0.39, 0.29) is 11.2 Å². The van der Waals surface area contributed by atoms with Gasteiger partial charge in [0.1, 0.15) is 0 Å². The van der Waals surface area contributed by atoms with Crippen LogP contribution in [0.1, 0.15) is 58.8 Å². The summed E-state index contributed by atoms with van der Waals surface area (Å²) in [4.78, 5) is 0. The number of ether oxygens (including phenoxy) is 2. The van der Waals surface area contributed by atoms with E-state index in [0.29, 0.717) is 11.8 Å². The first-order valence-electron chi connectivity index (χ1n) is 8.19. The van der Waals surface area contributed by atoms with Crippen LogP contribution in [0.5, 0.6) is 0 Å². The first-order chi connectivity index (χ1) is 9.24. The number of allylic oxidation sites excluding steroid dienone is 2. The molecule has 19 heavy (non-hydrogen) atoms. The predicted octanol–water partition coefficient (Wildman–Crippen LogP) is 4.30. The molecular weight excluding hydrogens is 236 g/mol. The van der Waals surface area contributed by atoms with Crippen molar-refractivity contribution in [3.05, 3.63) is 12.2 Å². The predicted molar refractivity (Wildman–Crippen MR) is 76.9 cm³/mol. The van der Waals surface area contributed by atoms with Crippen molar-refractivity contribution in [1.29, 1.82) is 0 Å². The highest BCUT2D eigenvalue weighted by Gasteiger charge is 2.71. The van der Waals surface area contributed by atoms with E-state index in [1.807, 2.05) is 0 Å². The van der Waals surface area contributed by atoms with Crippen LogP contribution in [0.25, 0.3) is 0 Å². The van der Waals surface area contributed by atoms with E-state index in [1.54, 1.807) is 0 Å². The van der Waals surface area contributed by atoms with Crippen LogP contribution in [0.2, 0.25) is 0 Å². The highest BCUT2D eigenvalue weighted by atomic mass is 16.7. The summed E-state index contributed by atoms with van der Waals surface area (Å²) in [7, 11) is 0. The second-order valence-electron chi connectivity index (χ2n) is 6.73. The van der Waals surface area contributed by atoms with Crippen molar-refractivity contribution < 1.29 is 9.47 Å². The lowest BCUT2D eigenvalue weighted by atomic mass is 9.46. The standard InChI is InChI=1S/C17H28O2/c1-3-4-5-6-10-15-14-9-7-8-11-16(14,2)17(15)18-12-13-19-17/h7,9,14-15H,3-6,8,10-13H2,1-2H3. The Morgan fingerprint density at radius 2 is 1.95 bits per heavy atom. The van der Waals surface area contributed by atoms with Crippen LogP contribution in [0.4, 0.5) is 0 Å². The van der Waals surface area contributed by atoms with Gasteiger partial charge in [0.05, 0.1) is 13.2 Å². The van der Waals surface area contributed by atoms with Gasteiger partial charge in [0.15, 0.2) is 5.79 Å². The first kappa shape index (κ1) is 13.6. The number of fused-ring (bicyclic) bond motifs is 2. The van der Waals surface area contributed by atoms with Crippen LogP contribution < -0.4 is 0 Å². The summed E-state index contributed by atoms with van der Waals surface area (Å²) >= 11 is 0. The van der Waals surface area contributed by atoms with E-state index < -0.39 is 0 Å². The number of rotatable bonds is 5. The summed E-state index contributed by atoms with van der Waals surface area (Å²) in [5, 5.41) is 0. The van der Waals surface area contributed by atoms with Crippen molar-refractivity contribution in [3.63, 3.8) is 0 Å². The van der Waals surface area contributed by atoms with Gasteiger partial charge in [-0.15, -0.1) is 0 Å². The van der Waals surface area contributed by atoms with Crippen LogP contribution in [-0.4, -0.2) is 19.0 Å². The summed E-state index contributed by atoms with van der Waals surface area (Å²) in [5.74, 6) is 1.03. The Morgan fingerprint density at radius 3 is 2.68 bits per heavy atom. The molecule has 2 nitrogen and oxygen atoms in total. The lowest BCUT2D eigenvalue weighted by molar-refractivity contribution is -0.359. The van der Waals surface area contributed by atoms with Crippen molar-refractivity contribution in [2.45, 2.75) is 64.6 Å². The van der Waals surface area contributed by atoms with E-state index in [4.69, 9.17) is 9.47 Å². The molecule has 1 aliphatic heterocycles. The lowest BCUT2D eigenvalue weighted by Crippen LogP contribution is -2.70. The molecule has 2 fully saturated rings. The molecule has 2 aliphatic carbocycles. The minimum Gasteiger partial charge on any atom is -0.347 e. The Morgan fingerprint density at radius 1 is 1.16 bits per heavy atom. The molecule has 1 saturated heterocycles. The summed E-state index contributed by atoms with van der Waals surface area (Å²) < 4.78 is 12.3. The minimum absolute atomic E-state index is 0.230. The van der Waals surface area contributed by atoms with Crippen LogP contribution in [0.3, 0.4) is 0 Å². The van der Waals surface area contributed by atoms with Gasteiger partial charge in [0, 0.05) is 11.3 Å². The molecule has 0 aromatic rings. The van der Waals surface area contributed by atoms with Crippen LogP contribution in [0.15, 0.2) is 12.2 Å². The molecule has 1 saturated carbocycles. The highest BCUT2D eigenvalue weighted by Crippen LogP contribution is 2.67. The Labute approximate surface area is 117 Å². The topological polar surface area (TPSA) is 18.5 Å². The van der Waals surface area contributed by atoms with E-state index in [0.717, 1.165) is 13.2 Å². The Bertz CT molecular complexity index is 343. The molecule has 0 bridgehead atoms. The summed E-state index contributed by atoms with van der Waals surface area (Å²) in [6, 6.07) is 0. The third-order valence-corrected chi connectivity index (χ3v) is 5.71. The number of unbranched alkanes of at least 4 members (excludes halogenated alkanes) is 3. The van der Waals surface area contributed by atoms with E-state index in [1.165, 1.54) is 44.9 Å². The molecule has 3 atom stereocenters. The second-order valence-corrected chi connectivity index (χ2v) is 6.73. The van der Waals surface area contributed by atoms with Gasteiger partial charge in [-0.1, -0.05) is 51.7 Å². The zero-order chi connectivity index (χ0) is 13.3. The molecule has 1 heterocycles. The fourth-order valence-corrected chi connectivity index (χ4v) is 4.69. The van der Waals surface area contributed by atoms with Gasteiger partial charge in [0.25, 0.3) is 0 Å². The molecule has 0 radical (unpaired) electrons. The average molecular weight is 264 g/mol. The van der Waals surface area contributed by atoms with Gasteiger partial charge in [-0.05, 0) is 25.2 Å². The average Bonchev–Trinajstić information content (AvgIpc) is 2.92. The van der Waals surface area contributed by atoms with Crippen molar-refractivity contribution in [3.8, 4) is 0 Å². The van der Waals surface area contributed by atoms with Crippen LogP contribution >= 0.6 is 0 Å². The van der Waals surface area contributed by atoms with Crippen molar-refractivity contribution >= 4 is 0 Å². The third-order valence-electron chi connectivity index (χ3n) is 5.71. The normalized spacial score (nSPS) is 39.3. The molecule has 2 heteroatoms. The van der Waals surface area contributed by atoms with Gasteiger partial charge < -0.3 is 9.47 Å². The molecule has 0 aromatic heterocycles. The van der Waals surface area contributed by atoms with Crippen LogP contribution in [0, 0.1) is 17.3 Å². The van der Waals surface area contributed by atoms with E-state index in [2.05, 4.69) is 26.0 Å². The summed E-state index contributed by atoms with van der Waals surface area (Å²) in [6.07, 6.45) is 13.8. The Kier molecular flexibility index (Phi) is 3.74. The van der Waals surface area contributed by atoms with Crippen molar-refractivity contribution in [2.24, 2.45) is 17.3 Å². The smallest absolute Gasteiger partial charge is 0.177 e. The lowest BCUT2D eigenvalue weighted by Gasteiger charge is -2.65. The Hall–Kier alpha value is -0.340. The first-order valence-corrected chi connectivity index (χ1v) is 8.19. The van der Waals surface area contributed by atoms with Crippen LogP contribution in [-0.2, 0) is 9.47 Å². The molecular formula is C17H28O2. The van der Waals surface area contributed by atoms with Crippen molar-refractivity contribution in [1.82, 2.24) is 0 Å². The zero-order valence-electron chi connectivity index (χ0n) is 12.5. The maximum Gasteiger partial charge on any atom is 0.177 e. The molecule has 0 amide bonds. The molecule has 3 aliphatic rings. The molecule has 0 aromatic carbocycles. The minimum atomic E-state index is -0.241. The highest BCUT2D eigenvalue weighted by molar-refractivity contribution is 5.22. The number of hydrogen-bond acceptors (Lipinski definition) is 2. The van der Waals surface area contributed by atoms with E-state index in [9.17, 15) is 0 Å². The summed E-state index contributed by atoms with van der Waals surface area (Å²) in [6.45, 7) is 6.24. The van der Waals surface area contributed by atoms with Gasteiger partial charge in [-0.25, -0.2) is 0 Å². The maximum atomic E-state index is 6.16. The quantitative estimate of drug-likeness (QED) is 0.544. The number of hydrogen-bond donors (Lipinski definition) is 0. The third kappa shape index (κ3) is 1.91. The van der Waals surface area contributed by atoms with Gasteiger partial charge in [-0.3, -0.25) is 0 Å². The Balaban J connectivity index is 1.70. The fraction of sp³-hybridized carbons (Fsp3) is 0.882. The monoisotopic (exact) mass is 264 g/mol. The van der Waals surface area contributed by atoms with Gasteiger partial charge >= 0.3 is 0 Å². The summed E-state index contributed by atoms with van der Waals surface area (Å²) in [5.41, 5.74) is 0.230. The zero-order valence-corrected chi connectivity index (χ0v) is 12.5. The van der Waals surface area contributed by atoms with E-state index >= 15 is 0 Å². The second kappa shape index (κ2) is 5.21. The van der Waals surface area contributed by atoms with Crippen molar-refractivity contribution in [2.75, 3.05) is 13.2 Å². The SMILES string of the molecule is CCCCCCC1C2C=CCCC2(C)C12OCCO2. The molecule has 3 rings (SSSR count). The van der Waals surface area contributed by atoms with Gasteiger partial charge in [0.2, 0.25) is 0 Å². The largest absolute Gasteiger partial charge is 0.347 e. The van der Waals surface area contributed by atoms with Gasteiger partial charge in [-0.2, -0.15) is 0 Å². The molecule has 3 unspecified atom stereocenters. The molecule has 1 spiro atoms. The molecule has 108 valence electrons. The maximum absolute atomic E-state index is 6.16. The fourth-order valence-electron chi connectivity index (χ4n) is 4.69.